The Labute approximate surface area is 101 Å². The minimum Gasteiger partial charge on any atom is -0.478 e. The van der Waals surface area contributed by atoms with Crippen molar-refractivity contribution in [3.8, 4) is 0 Å². The molecule has 0 aliphatic heterocycles. The molecule has 0 amide bonds. The number of carboxylic acid groups (broad SMARTS) is 1. The summed E-state index contributed by atoms with van der Waals surface area (Å²) in [5.41, 5.74) is -1.09. The van der Waals surface area contributed by atoms with Crippen molar-refractivity contribution in [2.45, 2.75) is 18.9 Å². The van der Waals surface area contributed by atoms with Crippen LogP contribution in [-0.2, 0) is 11.9 Å². The summed E-state index contributed by atoms with van der Waals surface area (Å²) in [6.07, 6.45) is -4.52. The molecule has 0 aliphatic rings. The van der Waals surface area contributed by atoms with E-state index in [-0.39, 0.29) is 16.9 Å². The zero-order chi connectivity index (χ0) is 13.1. The second kappa shape index (κ2) is 5.44. The summed E-state index contributed by atoms with van der Waals surface area (Å²) in [4.78, 5) is 10.6. The predicted octanol–water partition coefficient (Wildman–Crippen LogP) is 3.66. The fourth-order valence-corrected chi connectivity index (χ4v) is 1.99. The Kier molecular flexibility index (Phi) is 4.45. The minimum atomic E-state index is -4.52. The Balaban J connectivity index is 3.17. The Bertz CT molecular complexity index is 416. The summed E-state index contributed by atoms with van der Waals surface area (Å²) >= 11 is 1.36. The van der Waals surface area contributed by atoms with E-state index in [0.29, 0.717) is 11.8 Å². The smallest absolute Gasteiger partial charge is 0.416 e. The molecule has 1 N–H and O–H groups in total. The van der Waals surface area contributed by atoms with Crippen LogP contribution in [0.15, 0.2) is 18.2 Å². The first kappa shape index (κ1) is 13.9. The summed E-state index contributed by atoms with van der Waals surface area (Å²) in [6, 6.07) is 3.12. The van der Waals surface area contributed by atoms with Gasteiger partial charge in [-0.3, -0.25) is 0 Å². The van der Waals surface area contributed by atoms with Crippen molar-refractivity contribution in [2.24, 2.45) is 0 Å². The van der Waals surface area contributed by atoms with E-state index in [9.17, 15) is 18.0 Å². The third-order valence-corrected chi connectivity index (χ3v) is 3.05. The van der Waals surface area contributed by atoms with Crippen molar-refractivity contribution >= 4 is 17.7 Å². The van der Waals surface area contributed by atoms with Crippen molar-refractivity contribution in [3.63, 3.8) is 0 Å². The molecule has 1 aromatic rings. The van der Waals surface area contributed by atoms with Crippen LogP contribution in [0, 0.1) is 0 Å². The molecule has 0 fully saturated rings. The lowest BCUT2D eigenvalue weighted by Crippen LogP contribution is -2.11. The first-order valence-electron chi connectivity index (χ1n) is 4.87. The SMILES string of the molecule is CCSCc1ccc(C(=O)O)cc1C(F)(F)F. The highest BCUT2D eigenvalue weighted by molar-refractivity contribution is 7.98. The van der Waals surface area contributed by atoms with Crippen LogP contribution in [0.5, 0.6) is 0 Å². The van der Waals surface area contributed by atoms with Crippen LogP contribution < -0.4 is 0 Å². The van der Waals surface area contributed by atoms with Crippen molar-refractivity contribution < 1.29 is 23.1 Å². The van der Waals surface area contributed by atoms with Crippen LogP contribution in [0.1, 0.15) is 28.4 Å². The number of halogens is 3. The number of alkyl halides is 3. The van der Waals surface area contributed by atoms with Gasteiger partial charge in [-0.15, -0.1) is 0 Å². The number of thioether (sulfide) groups is 1. The van der Waals surface area contributed by atoms with E-state index in [1.165, 1.54) is 23.9 Å². The number of carboxylic acids is 1. The zero-order valence-corrected chi connectivity index (χ0v) is 9.86. The Morgan fingerprint density at radius 2 is 2.06 bits per heavy atom. The van der Waals surface area contributed by atoms with Crippen LogP contribution in [-0.4, -0.2) is 16.8 Å². The van der Waals surface area contributed by atoms with Gasteiger partial charge in [-0.25, -0.2) is 4.79 Å². The lowest BCUT2D eigenvalue weighted by molar-refractivity contribution is -0.138. The summed E-state index contributed by atoms with van der Waals surface area (Å²) < 4.78 is 38.2. The van der Waals surface area contributed by atoms with E-state index in [2.05, 4.69) is 0 Å². The molecule has 17 heavy (non-hydrogen) atoms. The van der Waals surface area contributed by atoms with Gasteiger partial charge in [-0.05, 0) is 23.4 Å². The van der Waals surface area contributed by atoms with E-state index in [1.54, 1.807) is 0 Å². The van der Waals surface area contributed by atoms with Crippen LogP contribution >= 0.6 is 11.8 Å². The van der Waals surface area contributed by atoms with Crippen LogP contribution in [0.3, 0.4) is 0 Å². The van der Waals surface area contributed by atoms with E-state index in [1.807, 2.05) is 6.92 Å². The summed E-state index contributed by atoms with van der Waals surface area (Å²) in [5.74, 6) is -0.423. The zero-order valence-electron chi connectivity index (χ0n) is 9.04. The van der Waals surface area contributed by atoms with E-state index >= 15 is 0 Å². The van der Waals surface area contributed by atoms with Crippen molar-refractivity contribution in [1.82, 2.24) is 0 Å². The van der Waals surface area contributed by atoms with Crippen LogP contribution in [0.25, 0.3) is 0 Å². The van der Waals surface area contributed by atoms with Crippen molar-refractivity contribution in [3.05, 3.63) is 34.9 Å². The summed E-state index contributed by atoms with van der Waals surface area (Å²) in [5, 5.41) is 8.67. The number of carbonyl (C=O) groups is 1. The molecule has 0 atom stereocenters. The third-order valence-electron chi connectivity index (χ3n) is 2.12. The van der Waals surface area contributed by atoms with Gasteiger partial charge >= 0.3 is 12.1 Å². The van der Waals surface area contributed by atoms with Crippen LogP contribution in [0.4, 0.5) is 13.2 Å². The lowest BCUT2D eigenvalue weighted by atomic mass is 10.0. The summed E-state index contributed by atoms with van der Waals surface area (Å²) in [6.45, 7) is 1.85. The Hall–Kier alpha value is -1.17. The molecule has 6 heteroatoms. The molecular weight excluding hydrogens is 253 g/mol. The quantitative estimate of drug-likeness (QED) is 0.901. The second-order valence-corrected chi connectivity index (χ2v) is 4.59. The second-order valence-electron chi connectivity index (χ2n) is 3.31. The molecule has 0 saturated heterocycles. The average Bonchev–Trinajstić information content (AvgIpc) is 2.24. The lowest BCUT2D eigenvalue weighted by Gasteiger charge is -2.13. The molecule has 0 bridgehead atoms. The highest BCUT2D eigenvalue weighted by Crippen LogP contribution is 2.34. The molecule has 0 saturated carbocycles. The first-order chi connectivity index (χ1) is 7.86. The first-order valence-corrected chi connectivity index (χ1v) is 6.03. The molecule has 0 unspecified atom stereocenters. The Morgan fingerprint density at radius 3 is 2.53 bits per heavy atom. The summed E-state index contributed by atoms with van der Waals surface area (Å²) in [7, 11) is 0. The number of rotatable bonds is 4. The van der Waals surface area contributed by atoms with E-state index in [4.69, 9.17) is 5.11 Å². The number of hydrogen-bond acceptors (Lipinski definition) is 2. The fourth-order valence-electron chi connectivity index (χ4n) is 1.31. The van der Waals surface area contributed by atoms with E-state index in [0.717, 1.165) is 0 Å². The molecule has 0 heterocycles. The van der Waals surface area contributed by atoms with Gasteiger partial charge in [-0.1, -0.05) is 13.0 Å². The number of aromatic carboxylic acids is 1. The number of hydrogen-bond donors (Lipinski definition) is 1. The van der Waals surface area contributed by atoms with Gasteiger partial charge in [0.05, 0.1) is 11.1 Å². The standard InChI is InChI=1S/C11H11F3O2S/c1-2-17-6-8-4-3-7(10(15)16)5-9(8)11(12,13)14/h3-5H,2,6H2,1H3,(H,15,16). The molecule has 1 aromatic carbocycles. The molecule has 94 valence electrons. The highest BCUT2D eigenvalue weighted by atomic mass is 32.2. The topological polar surface area (TPSA) is 37.3 Å². The third kappa shape index (κ3) is 3.66. The molecular formula is C11H11F3O2S. The van der Waals surface area contributed by atoms with Gasteiger partial charge in [0.15, 0.2) is 0 Å². The maximum Gasteiger partial charge on any atom is 0.416 e. The number of benzene rings is 1. The van der Waals surface area contributed by atoms with Gasteiger partial charge < -0.3 is 5.11 Å². The molecule has 2 nitrogen and oxygen atoms in total. The van der Waals surface area contributed by atoms with Crippen LogP contribution in [0.2, 0.25) is 0 Å². The maximum absolute atomic E-state index is 12.7. The van der Waals surface area contributed by atoms with Gasteiger partial charge in [0.25, 0.3) is 0 Å². The molecule has 1 rings (SSSR count). The molecule has 0 aromatic heterocycles. The largest absolute Gasteiger partial charge is 0.478 e. The van der Waals surface area contributed by atoms with Gasteiger partial charge in [0.1, 0.15) is 0 Å². The fraction of sp³-hybridized carbons (Fsp3) is 0.364. The molecule has 0 spiro atoms. The predicted molar refractivity (Wildman–Crippen MR) is 60.2 cm³/mol. The van der Waals surface area contributed by atoms with Crippen molar-refractivity contribution in [2.75, 3.05) is 5.75 Å². The van der Waals surface area contributed by atoms with Gasteiger partial charge in [-0.2, -0.15) is 24.9 Å². The minimum absolute atomic E-state index is 0.120. The van der Waals surface area contributed by atoms with Crippen molar-refractivity contribution in [1.29, 1.82) is 0 Å². The maximum atomic E-state index is 12.7. The normalized spacial score (nSPS) is 11.5. The van der Waals surface area contributed by atoms with Gasteiger partial charge in [0, 0.05) is 5.75 Å². The highest BCUT2D eigenvalue weighted by Gasteiger charge is 2.33. The molecule has 0 aliphatic carbocycles. The van der Waals surface area contributed by atoms with Gasteiger partial charge in [0.2, 0.25) is 0 Å². The van der Waals surface area contributed by atoms with E-state index < -0.39 is 17.7 Å². The average molecular weight is 264 g/mol. The molecule has 0 radical (unpaired) electrons. The Morgan fingerprint density at radius 1 is 1.41 bits per heavy atom. The monoisotopic (exact) mass is 264 g/mol.